The normalized spacial score (nSPS) is 14.9. The standard InChI is InChI=1S/C13H13FO/c1-10-7-8-12(14)13(9-10)15-11-5-3-2-4-6-11/h2-3,5,7-9H,4,6H2,1H3. The van der Waals surface area contributed by atoms with Crippen molar-refractivity contribution >= 4 is 0 Å². The van der Waals surface area contributed by atoms with Crippen LogP contribution in [-0.2, 0) is 0 Å². The van der Waals surface area contributed by atoms with Gasteiger partial charge in [0.1, 0.15) is 5.76 Å². The van der Waals surface area contributed by atoms with Gasteiger partial charge >= 0.3 is 0 Å². The molecule has 0 spiro atoms. The molecule has 78 valence electrons. The lowest BCUT2D eigenvalue weighted by atomic mass is 10.1. The Bertz CT molecular complexity index is 419. The molecule has 1 aromatic rings. The van der Waals surface area contributed by atoms with Gasteiger partial charge < -0.3 is 4.74 Å². The molecule has 0 radical (unpaired) electrons. The Hall–Kier alpha value is -1.57. The molecule has 0 atom stereocenters. The Morgan fingerprint density at radius 1 is 1.33 bits per heavy atom. The van der Waals surface area contributed by atoms with Crippen molar-refractivity contribution in [3.63, 3.8) is 0 Å². The molecule has 2 heteroatoms. The van der Waals surface area contributed by atoms with Crippen molar-refractivity contribution in [1.29, 1.82) is 0 Å². The minimum atomic E-state index is -0.309. The molecule has 0 saturated carbocycles. The smallest absolute Gasteiger partial charge is 0.165 e. The van der Waals surface area contributed by atoms with Gasteiger partial charge in [0, 0.05) is 6.42 Å². The topological polar surface area (TPSA) is 9.23 Å². The summed E-state index contributed by atoms with van der Waals surface area (Å²) in [5.74, 6) is 0.828. The largest absolute Gasteiger partial charge is 0.459 e. The molecule has 1 aliphatic carbocycles. The zero-order valence-corrected chi connectivity index (χ0v) is 8.66. The molecule has 0 N–H and O–H groups in total. The van der Waals surface area contributed by atoms with Crippen molar-refractivity contribution in [2.75, 3.05) is 0 Å². The Morgan fingerprint density at radius 3 is 2.93 bits per heavy atom. The van der Waals surface area contributed by atoms with E-state index in [-0.39, 0.29) is 5.82 Å². The summed E-state index contributed by atoms with van der Waals surface area (Å²) in [6.07, 6.45) is 7.68. The monoisotopic (exact) mass is 204 g/mol. The van der Waals surface area contributed by atoms with Gasteiger partial charge in [0.05, 0.1) is 0 Å². The number of halogens is 1. The molecule has 1 nitrogen and oxygen atoms in total. The second-order valence-corrected chi connectivity index (χ2v) is 3.64. The van der Waals surface area contributed by atoms with Crippen LogP contribution >= 0.6 is 0 Å². The second-order valence-electron chi connectivity index (χ2n) is 3.64. The summed E-state index contributed by atoms with van der Waals surface area (Å²) < 4.78 is 18.9. The SMILES string of the molecule is Cc1ccc(F)c(OC2=CC=CCC2)c1. The van der Waals surface area contributed by atoms with Crippen molar-refractivity contribution in [1.82, 2.24) is 0 Å². The van der Waals surface area contributed by atoms with Gasteiger partial charge in [-0.3, -0.25) is 0 Å². The van der Waals surface area contributed by atoms with E-state index in [4.69, 9.17) is 4.74 Å². The molecule has 1 aliphatic rings. The van der Waals surface area contributed by atoms with Crippen molar-refractivity contribution in [3.8, 4) is 5.75 Å². The minimum absolute atomic E-state index is 0.309. The van der Waals surface area contributed by atoms with Gasteiger partial charge in [0.15, 0.2) is 11.6 Å². The Labute approximate surface area is 88.9 Å². The molecule has 15 heavy (non-hydrogen) atoms. The van der Waals surface area contributed by atoms with E-state index in [2.05, 4.69) is 6.08 Å². The fourth-order valence-corrected chi connectivity index (χ4v) is 1.50. The number of aryl methyl sites for hydroxylation is 1. The molecule has 2 rings (SSSR count). The first-order valence-electron chi connectivity index (χ1n) is 5.05. The van der Waals surface area contributed by atoms with Crippen LogP contribution in [0.4, 0.5) is 4.39 Å². The van der Waals surface area contributed by atoms with Crippen molar-refractivity contribution in [3.05, 3.63) is 53.6 Å². The number of benzene rings is 1. The van der Waals surface area contributed by atoms with Gasteiger partial charge in [-0.1, -0.05) is 18.2 Å². The van der Waals surface area contributed by atoms with E-state index in [0.29, 0.717) is 5.75 Å². The lowest BCUT2D eigenvalue weighted by Crippen LogP contribution is -1.99. The lowest BCUT2D eigenvalue weighted by Gasteiger charge is -2.12. The first-order chi connectivity index (χ1) is 7.25. The average Bonchev–Trinajstić information content (AvgIpc) is 2.25. The van der Waals surface area contributed by atoms with Crippen LogP contribution in [0.2, 0.25) is 0 Å². The van der Waals surface area contributed by atoms with E-state index in [1.165, 1.54) is 6.07 Å². The molecular formula is C13H13FO. The van der Waals surface area contributed by atoms with E-state index < -0.39 is 0 Å². The van der Waals surface area contributed by atoms with E-state index in [0.717, 1.165) is 24.2 Å². The van der Waals surface area contributed by atoms with E-state index in [1.807, 2.05) is 19.1 Å². The highest BCUT2D eigenvalue weighted by molar-refractivity contribution is 5.31. The van der Waals surface area contributed by atoms with Gasteiger partial charge in [-0.2, -0.15) is 0 Å². The summed E-state index contributed by atoms with van der Waals surface area (Å²) in [5, 5.41) is 0. The Balaban J connectivity index is 2.19. The summed E-state index contributed by atoms with van der Waals surface area (Å²) in [4.78, 5) is 0. The van der Waals surface area contributed by atoms with Crippen LogP contribution in [0.5, 0.6) is 5.75 Å². The maximum atomic E-state index is 13.4. The number of ether oxygens (including phenoxy) is 1. The van der Waals surface area contributed by atoms with Crippen LogP contribution in [0, 0.1) is 12.7 Å². The third-order valence-electron chi connectivity index (χ3n) is 2.30. The minimum Gasteiger partial charge on any atom is -0.459 e. The van der Waals surface area contributed by atoms with Crippen LogP contribution in [0.15, 0.2) is 42.2 Å². The van der Waals surface area contributed by atoms with Gasteiger partial charge in [-0.05, 0) is 37.1 Å². The fraction of sp³-hybridized carbons (Fsp3) is 0.231. The van der Waals surface area contributed by atoms with Crippen LogP contribution < -0.4 is 4.74 Å². The summed E-state index contributed by atoms with van der Waals surface area (Å²) >= 11 is 0. The highest BCUT2D eigenvalue weighted by Gasteiger charge is 2.07. The van der Waals surface area contributed by atoms with Crippen molar-refractivity contribution < 1.29 is 9.13 Å². The van der Waals surface area contributed by atoms with Crippen molar-refractivity contribution in [2.45, 2.75) is 19.8 Å². The third-order valence-corrected chi connectivity index (χ3v) is 2.30. The second kappa shape index (κ2) is 4.30. The van der Waals surface area contributed by atoms with Gasteiger partial charge in [-0.25, -0.2) is 4.39 Å². The summed E-state index contributed by atoms with van der Waals surface area (Å²) in [6.45, 7) is 1.92. The zero-order chi connectivity index (χ0) is 10.7. The quantitative estimate of drug-likeness (QED) is 0.713. The Morgan fingerprint density at radius 2 is 2.20 bits per heavy atom. The van der Waals surface area contributed by atoms with Crippen LogP contribution in [-0.4, -0.2) is 0 Å². The van der Waals surface area contributed by atoms with Crippen LogP contribution in [0.1, 0.15) is 18.4 Å². The molecule has 0 heterocycles. The molecule has 0 aliphatic heterocycles. The number of hydrogen-bond acceptors (Lipinski definition) is 1. The summed E-state index contributed by atoms with van der Waals surface area (Å²) in [5.41, 5.74) is 0.998. The van der Waals surface area contributed by atoms with Gasteiger partial charge in [0.25, 0.3) is 0 Å². The molecular weight excluding hydrogens is 191 g/mol. The molecule has 0 unspecified atom stereocenters. The van der Waals surface area contributed by atoms with E-state index in [9.17, 15) is 4.39 Å². The molecule has 0 bridgehead atoms. The first-order valence-corrected chi connectivity index (χ1v) is 5.05. The molecule has 0 aromatic heterocycles. The van der Waals surface area contributed by atoms with Crippen molar-refractivity contribution in [2.24, 2.45) is 0 Å². The molecule has 0 fully saturated rings. The summed E-state index contributed by atoms with van der Waals surface area (Å²) in [7, 11) is 0. The summed E-state index contributed by atoms with van der Waals surface area (Å²) in [6, 6.07) is 4.88. The van der Waals surface area contributed by atoms with Crippen LogP contribution in [0.25, 0.3) is 0 Å². The zero-order valence-electron chi connectivity index (χ0n) is 8.66. The van der Waals surface area contributed by atoms with Crippen LogP contribution in [0.3, 0.4) is 0 Å². The highest BCUT2D eigenvalue weighted by Crippen LogP contribution is 2.23. The van der Waals surface area contributed by atoms with Gasteiger partial charge in [-0.15, -0.1) is 0 Å². The highest BCUT2D eigenvalue weighted by atomic mass is 19.1. The lowest BCUT2D eigenvalue weighted by molar-refractivity contribution is 0.378. The first kappa shape index (κ1) is 9.97. The molecule has 1 aromatic carbocycles. The number of hydrogen-bond donors (Lipinski definition) is 0. The fourth-order valence-electron chi connectivity index (χ4n) is 1.50. The third kappa shape index (κ3) is 2.46. The number of allylic oxidation sites excluding steroid dienone is 4. The predicted molar refractivity (Wildman–Crippen MR) is 58.2 cm³/mol. The average molecular weight is 204 g/mol. The van der Waals surface area contributed by atoms with Gasteiger partial charge in [0.2, 0.25) is 0 Å². The number of rotatable bonds is 2. The molecule has 0 amide bonds. The maximum Gasteiger partial charge on any atom is 0.165 e. The molecule has 0 saturated heterocycles. The van der Waals surface area contributed by atoms with E-state index in [1.54, 1.807) is 12.1 Å². The maximum absolute atomic E-state index is 13.4. The Kier molecular flexibility index (Phi) is 2.86. The van der Waals surface area contributed by atoms with E-state index >= 15 is 0 Å². The predicted octanol–water partition coefficient (Wildman–Crippen LogP) is 3.75.